The molecule has 0 aliphatic carbocycles. The van der Waals surface area contributed by atoms with Crippen LogP contribution >= 0.6 is 11.3 Å². The van der Waals surface area contributed by atoms with Crippen LogP contribution in [-0.2, 0) is 16.0 Å². The smallest absolute Gasteiger partial charge is 0.329 e. The number of nitrogens with zero attached hydrogens (tertiary/aromatic N) is 1. The average Bonchev–Trinajstić information content (AvgIpc) is 3.04. The summed E-state index contributed by atoms with van der Waals surface area (Å²) in [4.78, 5) is 27.4. The van der Waals surface area contributed by atoms with Gasteiger partial charge in [0.25, 0.3) is 5.91 Å². The van der Waals surface area contributed by atoms with Crippen molar-refractivity contribution in [1.82, 2.24) is 4.90 Å². The molecule has 1 aromatic heterocycles. The predicted molar refractivity (Wildman–Crippen MR) is 83.6 cm³/mol. The van der Waals surface area contributed by atoms with Gasteiger partial charge in [-0.25, -0.2) is 4.79 Å². The molecule has 1 aromatic rings. The predicted octanol–water partition coefficient (Wildman–Crippen LogP) is 3.26. The first-order chi connectivity index (χ1) is 9.83. The third-order valence-corrected chi connectivity index (χ3v) is 4.46. The largest absolute Gasteiger partial charge is 0.458 e. The number of likely N-dealkylation sites (tertiary alicyclic amines) is 1. The number of thiophene rings is 1. The maximum atomic E-state index is 12.7. The molecular formula is C16H23NO3S. The zero-order valence-corrected chi connectivity index (χ0v) is 14.0. The van der Waals surface area contributed by atoms with Gasteiger partial charge in [-0.3, -0.25) is 4.79 Å². The summed E-state index contributed by atoms with van der Waals surface area (Å²) >= 11 is 1.45. The quantitative estimate of drug-likeness (QED) is 0.805. The minimum Gasteiger partial charge on any atom is -0.458 e. The standard InChI is InChI=1S/C16H23NO3S/c1-5-11-8-10-21-13(11)14(18)17-9-6-7-12(17)15(19)20-16(2,3)4/h8,10,12H,5-7,9H2,1-4H3/t12-/m1/s1. The number of rotatable bonds is 3. The van der Waals surface area contributed by atoms with Gasteiger partial charge in [-0.2, -0.15) is 0 Å². The molecule has 0 N–H and O–H groups in total. The van der Waals surface area contributed by atoms with Gasteiger partial charge in [0.2, 0.25) is 0 Å². The highest BCUT2D eigenvalue weighted by molar-refractivity contribution is 7.12. The maximum absolute atomic E-state index is 12.7. The summed E-state index contributed by atoms with van der Waals surface area (Å²) in [6.45, 7) is 8.21. The molecule has 0 aromatic carbocycles. The number of amides is 1. The number of carbonyl (C=O) groups excluding carboxylic acids is 2. The molecule has 2 heterocycles. The third kappa shape index (κ3) is 3.64. The fourth-order valence-electron chi connectivity index (χ4n) is 2.56. The molecule has 1 aliphatic rings. The Bertz CT molecular complexity index is 530. The van der Waals surface area contributed by atoms with Gasteiger partial charge in [0, 0.05) is 6.54 Å². The molecule has 1 aliphatic heterocycles. The minimum absolute atomic E-state index is 0.0322. The molecule has 0 bridgehead atoms. The number of ether oxygens (including phenoxy) is 1. The fraction of sp³-hybridized carbons (Fsp3) is 0.625. The summed E-state index contributed by atoms with van der Waals surface area (Å²) in [7, 11) is 0. The first-order valence-electron chi connectivity index (χ1n) is 7.43. The van der Waals surface area contributed by atoms with Crippen LogP contribution in [0.2, 0.25) is 0 Å². The van der Waals surface area contributed by atoms with E-state index in [1.54, 1.807) is 4.90 Å². The van der Waals surface area contributed by atoms with Crippen LogP contribution in [0.1, 0.15) is 55.8 Å². The van der Waals surface area contributed by atoms with Crippen molar-refractivity contribution in [3.8, 4) is 0 Å². The van der Waals surface area contributed by atoms with Crippen LogP contribution in [0.15, 0.2) is 11.4 Å². The molecule has 0 radical (unpaired) electrons. The molecule has 0 spiro atoms. The Kier molecular flexibility index (Phi) is 4.71. The Morgan fingerprint density at radius 2 is 2.14 bits per heavy atom. The lowest BCUT2D eigenvalue weighted by Crippen LogP contribution is -2.43. The second-order valence-corrected chi connectivity index (χ2v) is 7.23. The van der Waals surface area contributed by atoms with Crippen LogP contribution in [0.4, 0.5) is 0 Å². The molecule has 1 amide bonds. The van der Waals surface area contributed by atoms with E-state index in [-0.39, 0.29) is 11.9 Å². The van der Waals surface area contributed by atoms with Gasteiger partial charge in [0.05, 0.1) is 4.88 Å². The summed E-state index contributed by atoms with van der Waals surface area (Å²) < 4.78 is 5.45. The summed E-state index contributed by atoms with van der Waals surface area (Å²) in [5, 5.41) is 1.94. The maximum Gasteiger partial charge on any atom is 0.329 e. The van der Waals surface area contributed by atoms with Gasteiger partial charge >= 0.3 is 5.97 Å². The Morgan fingerprint density at radius 3 is 2.76 bits per heavy atom. The van der Waals surface area contributed by atoms with Gasteiger partial charge in [-0.05, 0) is 57.0 Å². The molecule has 1 atom stereocenters. The average molecular weight is 309 g/mol. The molecule has 5 heteroatoms. The molecule has 4 nitrogen and oxygen atoms in total. The number of hydrogen-bond donors (Lipinski definition) is 0. The van der Waals surface area contributed by atoms with E-state index in [1.807, 2.05) is 39.1 Å². The lowest BCUT2D eigenvalue weighted by atomic mass is 10.1. The van der Waals surface area contributed by atoms with Crippen molar-refractivity contribution in [2.45, 2.75) is 58.6 Å². The highest BCUT2D eigenvalue weighted by Gasteiger charge is 2.37. The summed E-state index contributed by atoms with van der Waals surface area (Å²) in [5.41, 5.74) is 0.533. The van der Waals surface area contributed by atoms with Crippen LogP contribution in [0.25, 0.3) is 0 Å². The number of aryl methyl sites for hydroxylation is 1. The molecule has 21 heavy (non-hydrogen) atoms. The highest BCUT2D eigenvalue weighted by Crippen LogP contribution is 2.26. The van der Waals surface area contributed by atoms with Gasteiger partial charge in [0.1, 0.15) is 11.6 Å². The second-order valence-electron chi connectivity index (χ2n) is 6.32. The van der Waals surface area contributed by atoms with E-state index in [0.29, 0.717) is 13.0 Å². The topological polar surface area (TPSA) is 46.6 Å². The van der Waals surface area contributed by atoms with Gasteiger partial charge in [-0.15, -0.1) is 11.3 Å². The van der Waals surface area contributed by atoms with Crippen LogP contribution in [-0.4, -0.2) is 35.0 Å². The summed E-state index contributed by atoms with van der Waals surface area (Å²) in [6.07, 6.45) is 2.37. The Labute approximate surface area is 130 Å². The minimum atomic E-state index is -0.522. The van der Waals surface area contributed by atoms with E-state index < -0.39 is 11.6 Å². The fourth-order valence-corrected chi connectivity index (χ4v) is 3.51. The number of hydrogen-bond acceptors (Lipinski definition) is 4. The molecule has 2 rings (SSSR count). The van der Waals surface area contributed by atoms with Crippen LogP contribution in [0.5, 0.6) is 0 Å². The number of esters is 1. The first-order valence-corrected chi connectivity index (χ1v) is 8.31. The van der Waals surface area contributed by atoms with Gasteiger partial charge in [-0.1, -0.05) is 6.92 Å². The molecule has 0 saturated carbocycles. The summed E-state index contributed by atoms with van der Waals surface area (Å²) in [5.74, 6) is -0.321. The van der Waals surface area contributed by atoms with E-state index in [2.05, 4.69) is 0 Å². The lowest BCUT2D eigenvalue weighted by molar-refractivity contribution is -0.159. The van der Waals surface area contributed by atoms with Crippen molar-refractivity contribution in [2.24, 2.45) is 0 Å². The molecule has 1 fully saturated rings. The van der Waals surface area contributed by atoms with E-state index in [4.69, 9.17) is 4.74 Å². The highest BCUT2D eigenvalue weighted by atomic mass is 32.1. The van der Waals surface area contributed by atoms with Crippen LogP contribution < -0.4 is 0 Å². The number of carbonyl (C=O) groups is 2. The Balaban J connectivity index is 2.15. The van der Waals surface area contributed by atoms with Gasteiger partial charge in [0.15, 0.2) is 0 Å². The lowest BCUT2D eigenvalue weighted by Gasteiger charge is -2.27. The molecule has 0 unspecified atom stereocenters. The van der Waals surface area contributed by atoms with Crippen molar-refractivity contribution in [1.29, 1.82) is 0 Å². The van der Waals surface area contributed by atoms with E-state index in [0.717, 1.165) is 23.3 Å². The van der Waals surface area contributed by atoms with Crippen LogP contribution in [0, 0.1) is 0 Å². The monoisotopic (exact) mass is 309 g/mol. The second kappa shape index (κ2) is 6.18. The zero-order chi connectivity index (χ0) is 15.6. The Morgan fingerprint density at radius 1 is 1.43 bits per heavy atom. The van der Waals surface area contributed by atoms with Crippen molar-refractivity contribution < 1.29 is 14.3 Å². The Hall–Kier alpha value is -1.36. The van der Waals surface area contributed by atoms with E-state index in [9.17, 15) is 9.59 Å². The van der Waals surface area contributed by atoms with E-state index >= 15 is 0 Å². The summed E-state index contributed by atoms with van der Waals surface area (Å²) in [6, 6.07) is 1.54. The zero-order valence-electron chi connectivity index (χ0n) is 13.1. The van der Waals surface area contributed by atoms with Crippen LogP contribution in [0.3, 0.4) is 0 Å². The molecule has 1 saturated heterocycles. The van der Waals surface area contributed by atoms with Crippen molar-refractivity contribution in [2.75, 3.05) is 6.54 Å². The molecule has 116 valence electrons. The third-order valence-electron chi connectivity index (χ3n) is 3.51. The van der Waals surface area contributed by atoms with Gasteiger partial charge < -0.3 is 9.64 Å². The first kappa shape index (κ1) is 16.0. The SMILES string of the molecule is CCc1ccsc1C(=O)N1CCC[C@@H]1C(=O)OC(C)(C)C. The van der Waals surface area contributed by atoms with E-state index in [1.165, 1.54) is 11.3 Å². The molecular weight excluding hydrogens is 286 g/mol. The normalized spacial score (nSPS) is 18.9. The van der Waals surface area contributed by atoms with Crippen molar-refractivity contribution in [3.63, 3.8) is 0 Å². The van der Waals surface area contributed by atoms with Crippen molar-refractivity contribution >= 4 is 23.2 Å². The van der Waals surface area contributed by atoms with Crippen molar-refractivity contribution in [3.05, 3.63) is 21.9 Å².